The second kappa shape index (κ2) is 101. The van der Waals surface area contributed by atoms with Gasteiger partial charge in [0.15, 0.2) is 0 Å². The molecule has 0 saturated carbocycles. The van der Waals surface area contributed by atoms with Gasteiger partial charge in [0.2, 0.25) is 0 Å². The smallest absolute Gasteiger partial charge is 1.00 e. The van der Waals surface area contributed by atoms with Crippen LogP contribution in [0.1, 0.15) is 0 Å². The maximum Gasteiger partial charge on any atom is 1.00 e. The Hall–Kier alpha value is 5.86. The van der Waals surface area contributed by atoms with Crippen molar-refractivity contribution in [2.24, 2.45) is 0 Å². The van der Waals surface area contributed by atoms with Gasteiger partial charge in [-0.1, -0.05) is 0 Å². The number of rotatable bonds is 0. The van der Waals surface area contributed by atoms with Crippen LogP contribution in [0.5, 0.6) is 0 Å². The van der Waals surface area contributed by atoms with Crippen molar-refractivity contribution in [3.8, 4) is 0 Å². The topological polar surface area (TPSA) is 324 Å². The van der Waals surface area contributed by atoms with Crippen LogP contribution in [0.2, 0.25) is 0 Å². The van der Waals surface area contributed by atoms with E-state index in [-0.39, 0.29) is 264 Å². The Morgan fingerprint density at radius 1 is 0.550 bits per heavy atom. The van der Waals surface area contributed by atoms with Gasteiger partial charge in [-0.15, -0.1) is 0 Å². The number of hydrogen-bond acceptors (Lipinski definition) is 8. The summed E-state index contributed by atoms with van der Waals surface area (Å²) in [5.41, 5.74) is 0. The molecule has 0 amide bonds. The van der Waals surface area contributed by atoms with E-state index in [9.17, 15) is 0 Å². The molecular formula is C2H6K4O13U-6. The molecule has 0 fully saturated rings. The summed E-state index contributed by atoms with van der Waals surface area (Å²) in [4.78, 5) is 16.7. The zero-order chi connectivity index (χ0) is 9.15. The number of hydrogen-bond donors (Lipinski definition) is 0. The molecule has 0 aromatic heterocycles. The van der Waals surface area contributed by atoms with Gasteiger partial charge in [-0.25, -0.2) is 0 Å². The maximum absolute atomic E-state index is 8.33. The van der Waals surface area contributed by atoms with Crippen molar-refractivity contribution in [2.75, 3.05) is 0 Å². The fraction of sp³-hybridized carbons (Fsp3) is 0. The first-order chi connectivity index (χ1) is 4.46. The van der Waals surface area contributed by atoms with E-state index in [4.69, 9.17) is 40.5 Å². The summed E-state index contributed by atoms with van der Waals surface area (Å²) in [6.45, 7) is 0. The molecule has 0 radical (unpaired) electrons. The Kier molecular flexibility index (Phi) is 486. The third-order valence-electron chi connectivity index (χ3n) is 0. The molecule has 20 heavy (non-hydrogen) atoms. The molecule has 0 unspecified atom stereocenters. The molecule has 0 heterocycles. The van der Waals surface area contributed by atoms with E-state index in [1.54, 1.807) is 0 Å². The quantitative estimate of drug-likeness (QED) is 0.140. The van der Waals surface area contributed by atoms with Gasteiger partial charge in [0.1, 0.15) is 0 Å². The first-order valence-corrected chi connectivity index (χ1v) is 1.39. The van der Waals surface area contributed by atoms with Crippen LogP contribution in [0.3, 0.4) is 0 Å². The Morgan fingerprint density at radius 2 is 0.550 bits per heavy atom. The molecule has 0 atom stereocenters. The molecule has 0 bridgehead atoms. The Labute approximate surface area is 307 Å². The predicted octanol–water partition coefficient (Wildman–Crippen LogP) is -22.0. The van der Waals surface area contributed by atoms with Crippen LogP contribution in [-0.4, -0.2) is 28.7 Å². The molecule has 0 aromatic carbocycles. The van der Waals surface area contributed by atoms with Crippen molar-refractivity contribution in [3.63, 3.8) is 0 Å². The summed E-state index contributed by atoms with van der Waals surface area (Å²) >= 11 is 0. The van der Waals surface area contributed by atoms with Crippen molar-refractivity contribution >= 4 is 12.3 Å². The summed E-state index contributed by atoms with van der Waals surface area (Å²) in [6, 6.07) is 0. The standard InChI is InChI=1S/2CH2O3.4K.O2.3H2O.2O.U/c2*2-1(3)4;;;;;1-2;;;;;;/h2*(H2,2,3,4);;;;;;3*1H2;;;/q;;4*+1;-2;;;;2*-2;/p-4. The van der Waals surface area contributed by atoms with Crippen LogP contribution in [0.4, 0.5) is 9.59 Å². The summed E-state index contributed by atoms with van der Waals surface area (Å²) in [5.74, 6) is 0. The molecule has 6 N–H and O–H groups in total. The predicted molar refractivity (Wildman–Crippen MR) is 23.0 cm³/mol. The van der Waals surface area contributed by atoms with Crippen molar-refractivity contribution in [1.29, 1.82) is 0 Å². The number of carbonyl (C=O) groups excluding carboxylic acids is 2. The molecule has 0 spiro atoms. The van der Waals surface area contributed by atoms with Crippen LogP contribution >= 0.6 is 0 Å². The number of carboxylic acid groups (broad SMARTS) is 4. The molecule has 0 aliphatic rings. The molecular weight excluding hydrogens is 626 g/mol. The molecule has 18 heteroatoms. The van der Waals surface area contributed by atoms with E-state index in [2.05, 4.69) is 0 Å². The first kappa shape index (κ1) is 96.6. The first-order valence-electron chi connectivity index (χ1n) is 1.39. The van der Waals surface area contributed by atoms with Gasteiger partial charge in [0, 0.05) is 31.1 Å². The second-order valence-corrected chi connectivity index (χ2v) is 0.500. The molecule has 0 aliphatic carbocycles. The van der Waals surface area contributed by atoms with Gasteiger partial charge in [0.25, 0.3) is 0 Å². The summed E-state index contributed by atoms with van der Waals surface area (Å²) < 4.78 is 0. The summed E-state index contributed by atoms with van der Waals surface area (Å²) in [6.07, 6.45) is -4.67. The van der Waals surface area contributed by atoms with Crippen molar-refractivity contribution in [2.45, 2.75) is 0 Å². The largest absolute Gasteiger partial charge is 2.00 e. The van der Waals surface area contributed by atoms with E-state index in [1.165, 1.54) is 0 Å². The third-order valence-corrected chi connectivity index (χ3v) is 0. The normalized spacial score (nSPS) is 2.70. The van der Waals surface area contributed by atoms with Gasteiger partial charge in [-0.2, -0.15) is 0 Å². The summed E-state index contributed by atoms with van der Waals surface area (Å²) in [7, 11) is 0. The molecule has 0 rings (SSSR count). The molecule has 13 nitrogen and oxygen atoms in total. The van der Waals surface area contributed by atoms with Crippen molar-refractivity contribution in [1.82, 2.24) is 0 Å². The maximum atomic E-state index is 8.33. The van der Waals surface area contributed by atoms with Gasteiger partial charge >= 0.3 is 206 Å². The van der Waals surface area contributed by atoms with Crippen molar-refractivity contribution in [3.05, 3.63) is 0 Å². The Morgan fingerprint density at radius 3 is 0.550 bits per heavy atom. The minimum atomic E-state index is -2.33. The zero-order valence-electron chi connectivity index (χ0n) is 11.1. The van der Waals surface area contributed by atoms with Crippen molar-refractivity contribution < 1.29 is 305 Å². The molecule has 0 saturated heterocycles. The average molecular weight is 632 g/mol. The van der Waals surface area contributed by atoms with Gasteiger partial charge in [0.05, 0.1) is 0 Å². The monoisotopic (exact) mass is 632 g/mol. The molecule has 0 aromatic rings. The van der Waals surface area contributed by atoms with E-state index in [0.29, 0.717) is 0 Å². The minimum absolute atomic E-state index is 0. The Balaban J connectivity index is -0.00000000274. The third kappa shape index (κ3) is 363. The van der Waals surface area contributed by atoms with E-state index < -0.39 is 12.3 Å². The zero-order valence-corrected chi connectivity index (χ0v) is 27.7. The van der Waals surface area contributed by atoms with Crippen LogP contribution < -0.4 is 236 Å². The van der Waals surface area contributed by atoms with E-state index in [1.807, 2.05) is 0 Å². The van der Waals surface area contributed by atoms with Gasteiger partial charge in [-0.05, 0) is 12.3 Å². The van der Waals surface area contributed by atoms with E-state index >= 15 is 0 Å². The fourth-order valence-electron chi connectivity index (χ4n) is 0. The Bertz CT molecular complexity index is 86.4. The van der Waals surface area contributed by atoms with Crippen LogP contribution in [0, 0.1) is 31.1 Å². The van der Waals surface area contributed by atoms with Gasteiger partial charge in [-0.3, -0.25) is 0 Å². The van der Waals surface area contributed by atoms with Crippen LogP contribution in [-0.2, 0) is 11.0 Å². The molecule has 0 aliphatic heterocycles. The van der Waals surface area contributed by atoms with Crippen LogP contribution in [0.15, 0.2) is 0 Å². The SMILES string of the molecule is O.O.O.O=C([O-])[O-].O=C([O-])[O-].[K+].[K+].[K+].[K+].[O-2].[O-2].[O-][O-].[U]. The average Bonchev–Trinajstić information content (AvgIpc) is 1.66. The van der Waals surface area contributed by atoms with Crippen LogP contribution in [0.25, 0.3) is 0 Å². The summed E-state index contributed by atoms with van der Waals surface area (Å²) in [5, 5.41) is 47.3. The van der Waals surface area contributed by atoms with Gasteiger partial charge < -0.3 is 67.9 Å². The molecule has 106 valence electrons. The second-order valence-electron chi connectivity index (χ2n) is 0.500. The minimum Gasteiger partial charge on any atom is -2.00 e. The fourth-order valence-corrected chi connectivity index (χ4v) is 0. The van der Waals surface area contributed by atoms with E-state index in [0.717, 1.165) is 0 Å². The number of carbonyl (C=O) groups is 2.